The number of hydrogen-bond acceptors (Lipinski definition) is 3. The second-order valence-electron chi connectivity index (χ2n) is 4.94. The van der Waals surface area contributed by atoms with E-state index in [4.69, 9.17) is 4.74 Å². The van der Waals surface area contributed by atoms with Gasteiger partial charge in [-0.05, 0) is 31.2 Å². The van der Waals surface area contributed by atoms with Crippen LogP contribution in [0.1, 0.15) is 16.2 Å². The Labute approximate surface area is 128 Å². The Morgan fingerprint density at radius 2 is 2.00 bits per heavy atom. The topological polar surface area (TPSA) is 55.6 Å². The minimum atomic E-state index is -0.195. The van der Waals surface area contributed by atoms with Crippen LogP contribution < -0.4 is 10.1 Å². The highest BCUT2D eigenvalue weighted by Crippen LogP contribution is 2.09. The molecule has 0 bridgehead atoms. The van der Waals surface area contributed by atoms with Crippen LogP contribution in [0.5, 0.6) is 5.75 Å². The molecular weight excluding hydrogens is 278 g/mol. The molecule has 5 nitrogen and oxygen atoms in total. The van der Waals surface area contributed by atoms with E-state index >= 15 is 0 Å². The Morgan fingerprint density at radius 3 is 2.77 bits per heavy atom. The number of pyridine rings is 1. The van der Waals surface area contributed by atoms with Crippen molar-refractivity contribution in [3.63, 3.8) is 0 Å². The van der Waals surface area contributed by atoms with Gasteiger partial charge in [-0.2, -0.15) is 0 Å². The van der Waals surface area contributed by atoms with Crippen LogP contribution in [0.4, 0.5) is 0 Å². The van der Waals surface area contributed by atoms with Crippen molar-refractivity contribution in [2.75, 3.05) is 13.2 Å². The smallest absolute Gasteiger partial charge is 0.271 e. The second-order valence-corrected chi connectivity index (χ2v) is 4.94. The third kappa shape index (κ3) is 3.09. The highest BCUT2D eigenvalue weighted by Gasteiger charge is 2.10. The van der Waals surface area contributed by atoms with Gasteiger partial charge in [0.25, 0.3) is 5.91 Å². The van der Waals surface area contributed by atoms with Gasteiger partial charge in [0.15, 0.2) is 0 Å². The lowest BCUT2D eigenvalue weighted by atomic mass is 10.3. The molecule has 112 valence electrons. The fourth-order valence-electron chi connectivity index (χ4n) is 2.20. The number of amides is 1. The largest absolute Gasteiger partial charge is 0.492 e. The molecule has 1 amide bonds. The van der Waals surface area contributed by atoms with Gasteiger partial charge < -0.3 is 14.5 Å². The van der Waals surface area contributed by atoms with Gasteiger partial charge in [-0.15, -0.1) is 0 Å². The molecule has 1 aromatic carbocycles. The molecular formula is C17H17N3O2. The Morgan fingerprint density at radius 1 is 1.18 bits per heavy atom. The first kappa shape index (κ1) is 14.1. The van der Waals surface area contributed by atoms with Gasteiger partial charge in [-0.3, -0.25) is 4.79 Å². The second kappa shape index (κ2) is 6.30. The molecule has 0 aliphatic heterocycles. The van der Waals surface area contributed by atoms with Crippen molar-refractivity contribution in [3.05, 3.63) is 66.1 Å². The average Bonchev–Trinajstić information content (AvgIpc) is 2.98. The number of carbonyl (C=O) groups is 1. The number of ether oxygens (including phenoxy) is 1. The Bertz CT molecular complexity index is 781. The summed E-state index contributed by atoms with van der Waals surface area (Å²) in [6.07, 6.45) is 1.75. The number of nitrogens with one attached hydrogen (secondary N) is 1. The molecule has 22 heavy (non-hydrogen) atoms. The van der Waals surface area contributed by atoms with Crippen LogP contribution in [0.3, 0.4) is 0 Å². The lowest BCUT2D eigenvalue weighted by Crippen LogP contribution is -2.28. The van der Waals surface area contributed by atoms with Gasteiger partial charge in [-0.1, -0.05) is 24.3 Å². The zero-order valence-corrected chi connectivity index (χ0v) is 12.3. The molecule has 5 heteroatoms. The number of hydrogen-bond donors (Lipinski definition) is 1. The summed E-state index contributed by atoms with van der Waals surface area (Å²) < 4.78 is 7.43. The van der Waals surface area contributed by atoms with Crippen molar-refractivity contribution >= 4 is 11.6 Å². The number of carbonyl (C=O) groups excluding carboxylic acids is 1. The zero-order chi connectivity index (χ0) is 15.4. The molecule has 0 fully saturated rings. The standard InChI is InChI=1S/C17H17N3O2/c1-13-6-5-9-16-19-15(12-20(13)16)17(21)18-10-11-22-14-7-3-2-4-8-14/h2-9,12H,10-11H2,1H3,(H,18,21). The van der Waals surface area contributed by atoms with Crippen molar-refractivity contribution in [2.24, 2.45) is 0 Å². The quantitative estimate of drug-likeness (QED) is 0.736. The van der Waals surface area contributed by atoms with Crippen molar-refractivity contribution in [1.29, 1.82) is 0 Å². The predicted octanol–water partition coefficient (Wildman–Crippen LogP) is 2.45. The molecule has 2 heterocycles. The number of nitrogens with zero attached hydrogens (tertiary/aromatic N) is 2. The van der Waals surface area contributed by atoms with Crippen LogP contribution in [-0.4, -0.2) is 28.4 Å². The van der Waals surface area contributed by atoms with E-state index in [1.165, 1.54) is 0 Å². The minimum absolute atomic E-state index is 0.195. The van der Waals surface area contributed by atoms with Gasteiger partial charge in [-0.25, -0.2) is 4.98 Å². The number of imidazole rings is 1. The Hall–Kier alpha value is -2.82. The fraction of sp³-hybridized carbons (Fsp3) is 0.176. The van der Waals surface area contributed by atoms with E-state index in [0.29, 0.717) is 18.8 Å². The van der Waals surface area contributed by atoms with E-state index in [1.807, 2.05) is 59.9 Å². The Balaban J connectivity index is 1.56. The van der Waals surface area contributed by atoms with Crippen molar-refractivity contribution in [3.8, 4) is 5.75 Å². The fourth-order valence-corrected chi connectivity index (χ4v) is 2.20. The normalized spacial score (nSPS) is 10.6. The number of aromatic nitrogens is 2. The summed E-state index contributed by atoms with van der Waals surface area (Å²) in [7, 11) is 0. The first-order chi connectivity index (χ1) is 10.7. The van der Waals surface area contributed by atoms with Gasteiger partial charge in [0.05, 0.1) is 6.54 Å². The number of para-hydroxylation sites is 1. The van der Waals surface area contributed by atoms with Gasteiger partial charge >= 0.3 is 0 Å². The molecule has 2 aromatic heterocycles. The maximum Gasteiger partial charge on any atom is 0.271 e. The van der Waals surface area contributed by atoms with Crippen LogP contribution in [0.25, 0.3) is 5.65 Å². The molecule has 0 unspecified atom stereocenters. The monoisotopic (exact) mass is 295 g/mol. The maximum atomic E-state index is 12.1. The first-order valence-electron chi connectivity index (χ1n) is 7.15. The van der Waals surface area contributed by atoms with E-state index in [0.717, 1.165) is 17.1 Å². The minimum Gasteiger partial charge on any atom is -0.492 e. The Kier molecular flexibility index (Phi) is 4.05. The lowest BCUT2D eigenvalue weighted by molar-refractivity contribution is 0.0942. The molecule has 0 radical (unpaired) electrons. The number of fused-ring (bicyclic) bond motifs is 1. The van der Waals surface area contributed by atoms with Crippen LogP contribution in [0.15, 0.2) is 54.7 Å². The molecule has 0 saturated carbocycles. The van der Waals surface area contributed by atoms with Crippen LogP contribution in [-0.2, 0) is 0 Å². The molecule has 3 aromatic rings. The van der Waals surface area contributed by atoms with E-state index in [2.05, 4.69) is 10.3 Å². The summed E-state index contributed by atoms with van der Waals surface area (Å²) in [6.45, 7) is 2.83. The maximum absolute atomic E-state index is 12.1. The number of aryl methyl sites for hydroxylation is 1. The molecule has 3 rings (SSSR count). The van der Waals surface area contributed by atoms with Gasteiger partial charge in [0.1, 0.15) is 23.7 Å². The summed E-state index contributed by atoms with van der Waals surface area (Å²) in [5.74, 6) is 0.597. The molecule has 0 aliphatic carbocycles. The summed E-state index contributed by atoms with van der Waals surface area (Å²) in [6, 6.07) is 15.3. The molecule has 1 N–H and O–H groups in total. The zero-order valence-electron chi connectivity index (χ0n) is 12.3. The molecule has 0 spiro atoms. The summed E-state index contributed by atoms with van der Waals surface area (Å²) in [5.41, 5.74) is 2.22. The van der Waals surface area contributed by atoms with E-state index in [9.17, 15) is 4.79 Å². The van der Waals surface area contributed by atoms with Crippen molar-refractivity contribution in [2.45, 2.75) is 6.92 Å². The van der Waals surface area contributed by atoms with E-state index in [-0.39, 0.29) is 5.91 Å². The summed E-state index contributed by atoms with van der Waals surface area (Å²) in [5, 5.41) is 2.81. The van der Waals surface area contributed by atoms with E-state index in [1.54, 1.807) is 6.20 Å². The van der Waals surface area contributed by atoms with Gasteiger partial charge in [0, 0.05) is 11.9 Å². The highest BCUT2D eigenvalue weighted by molar-refractivity contribution is 5.92. The third-order valence-corrected chi connectivity index (χ3v) is 3.33. The van der Waals surface area contributed by atoms with Gasteiger partial charge in [0.2, 0.25) is 0 Å². The SMILES string of the molecule is Cc1cccc2nc(C(=O)NCCOc3ccccc3)cn12. The van der Waals surface area contributed by atoms with Crippen molar-refractivity contribution in [1.82, 2.24) is 14.7 Å². The predicted molar refractivity (Wildman–Crippen MR) is 84.2 cm³/mol. The number of rotatable bonds is 5. The highest BCUT2D eigenvalue weighted by atomic mass is 16.5. The van der Waals surface area contributed by atoms with Crippen LogP contribution in [0, 0.1) is 6.92 Å². The molecule has 0 aliphatic rings. The first-order valence-corrected chi connectivity index (χ1v) is 7.15. The molecule has 0 saturated heterocycles. The average molecular weight is 295 g/mol. The van der Waals surface area contributed by atoms with Crippen molar-refractivity contribution < 1.29 is 9.53 Å². The summed E-state index contributed by atoms with van der Waals surface area (Å²) >= 11 is 0. The molecule has 0 atom stereocenters. The van der Waals surface area contributed by atoms with E-state index < -0.39 is 0 Å². The van der Waals surface area contributed by atoms with Crippen LogP contribution in [0.2, 0.25) is 0 Å². The van der Waals surface area contributed by atoms with Crippen LogP contribution >= 0.6 is 0 Å². The lowest BCUT2D eigenvalue weighted by Gasteiger charge is -2.06. The third-order valence-electron chi connectivity index (χ3n) is 3.33. The number of benzene rings is 1. The summed E-state index contributed by atoms with van der Waals surface area (Å²) in [4.78, 5) is 16.4.